The van der Waals surface area contributed by atoms with Gasteiger partial charge < -0.3 is 25.2 Å². The van der Waals surface area contributed by atoms with Crippen LogP contribution in [-0.2, 0) is 4.74 Å². The second-order valence-corrected chi connectivity index (χ2v) is 7.28. The van der Waals surface area contributed by atoms with E-state index >= 15 is 0 Å². The summed E-state index contributed by atoms with van der Waals surface area (Å²) in [5.74, 6) is 0.208. The van der Waals surface area contributed by atoms with E-state index in [9.17, 15) is 4.79 Å². The Kier molecular flexibility index (Phi) is 7.37. The van der Waals surface area contributed by atoms with Crippen molar-refractivity contribution < 1.29 is 9.53 Å². The third-order valence-corrected chi connectivity index (χ3v) is 4.89. The first-order valence-electron chi connectivity index (χ1n) is 9.98. The van der Waals surface area contributed by atoms with Crippen molar-refractivity contribution in [1.82, 2.24) is 20.2 Å². The molecule has 8 nitrogen and oxygen atoms in total. The Hall–Kier alpha value is -2.71. The van der Waals surface area contributed by atoms with E-state index in [1.54, 1.807) is 13.2 Å². The number of piperazine rings is 1. The van der Waals surface area contributed by atoms with Crippen LogP contribution in [0.4, 0.5) is 17.3 Å². The zero-order chi connectivity index (χ0) is 20.6. The average molecular weight is 399 g/mol. The van der Waals surface area contributed by atoms with Gasteiger partial charge in [0, 0.05) is 63.5 Å². The van der Waals surface area contributed by atoms with Gasteiger partial charge in [0.25, 0.3) is 5.91 Å². The van der Waals surface area contributed by atoms with Gasteiger partial charge in [0.1, 0.15) is 5.69 Å². The molecular weight excluding hydrogens is 368 g/mol. The molecule has 1 fully saturated rings. The van der Waals surface area contributed by atoms with Crippen LogP contribution in [0.1, 0.15) is 22.6 Å². The number of nitrogens with one attached hydrogen (secondary N) is 2. The van der Waals surface area contributed by atoms with Gasteiger partial charge >= 0.3 is 0 Å². The molecule has 3 rings (SSSR count). The van der Waals surface area contributed by atoms with Gasteiger partial charge in [0.15, 0.2) is 0 Å². The molecule has 0 aliphatic carbocycles. The standard InChI is InChI=1S/C21H30N6O2/c1-16-15-19(20(28)22-9-4-14-29-3)25-21(23-16)24-17-5-7-18(8-6-17)27-12-10-26(2)11-13-27/h5-8,15H,4,9-14H2,1-3H3,(H,22,28)(H,23,24,25). The minimum Gasteiger partial charge on any atom is -0.385 e. The summed E-state index contributed by atoms with van der Waals surface area (Å²) >= 11 is 0. The normalized spacial score (nSPS) is 14.7. The number of benzene rings is 1. The van der Waals surface area contributed by atoms with Crippen LogP contribution in [0.2, 0.25) is 0 Å². The number of amides is 1. The smallest absolute Gasteiger partial charge is 0.270 e. The Morgan fingerprint density at radius 2 is 1.86 bits per heavy atom. The summed E-state index contributed by atoms with van der Waals surface area (Å²) in [5, 5.41) is 6.06. The lowest BCUT2D eigenvalue weighted by atomic mass is 10.2. The lowest BCUT2D eigenvalue weighted by molar-refractivity contribution is 0.0943. The van der Waals surface area contributed by atoms with E-state index in [2.05, 4.69) is 49.6 Å². The van der Waals surface area contributed by atoms with Crippen LogP contribution in [0, 0.1) is 6.92 Å². The van der Waals surface area contributed by atoms with Crippen molar-refractivity contribution in [1.29, 1.82) is 0 Å². The Morgan fingerprint density at radius 1 is 1.14 bits per heavy atom. The molecule has 8 heteroatoms. The molecule has 0 saturated carbocycles. The molecule has 0 radical (unpaired) electrons. The number of nitrogens with zero attached hydrogens (tertiary/aromatic N) is 4. The molecule has 0 bridgehead atoms. The van der Waals surface area contributed by atoms with E-state index in [4.69, 9.17) is 4.74 Å². The number of aryl methyl sites for hydroxylation is 1. The zero-order valence-corrected chi connectivity index (χ0v) is 17.4. The summed E-state index contributed by atoms with van der Waals surface area (Å²) in [7, 11) is 3.80. The largest absolute Gasteiger partial charge is 0.385 e. The van der Waals surface area contributed by atoms with Crippen molar-refractivity contribution in [3.8, 4) is 0 Å². The van der Waals surface area contributed by atoms with Crippen molar-refractivity contribution in [2.45, 2.75) is 13.3 Å². The molecular formula is C21H30N6O2. The Bertz CT molecular complexity index is 803. The van der Waals surface area contributed by atoms with Crippen molar-refractivity contribution in [2.24, 2.45) is 0 Å². The quantitative estimate of drug-likeness (QED) is 0.659. The van der Waals surface area contributed by atoms with Gasteiger partial charge in [-0.1, -0.05) is 0 Å². The highest BCUT2D eigenvalue weighted by atomic mass is 16.5. The molecule has 1 amide bonds. The Morgan fingerprint density at radius 3 is 2.55 bits per heavy atom. The van der Waals surface area contributed by atoms with Crippen molar-refractivity contribution in [2.75, 3.05) is 63.7 Å². The molecule has 1 aliphatic heterocycles. The molecule has 1 aliphatic rings. The van der Waals surface area contributed by atoms with E-state index in [1.807, 2.05) is 19.1 Å². The monoisotopic (exact) mass is 398 g/mol. The van der Waals surface area contributed by atoms with Gasteiger partial charge in [0.05, 0.1) is 0 Å². The summed E-state index contributed by atoms with van der Waals surface area (Å²) in [4.78, 5) is 25.8. The van der Waals surface area contributed by atoms with Crippen LogP contribution in [0.25, 0.3) is 0 Å². The molecule has 0 atom stereocenters. The summed E-state index contributed by atoms with van der Waals surface area (Å²) in [6.07, 6.45) is 0.761. The molecule has 1 aromatic carbocycles. The highest BCUT2D eigenvalue weighted by Crippen LogP contribution is 2.21. The molecule has 1 saturated heterocycles. The van der Waals surface area contributed by atoms with Gasteiger partial charge in [-0.05, 0) is 50.7 Å². The highest BCUT2D eigenvalue weighted by Gasteiger charge is 2.14. The molecule has 2 N–H and O–H groups in total. The van der Waals surface area contributed by atoms with Crippen molar-refractivity contribution >= 4 is 23.2 Å². The molecule has 0 spiro atoms. The average Bonchev–Trinajstić information content (AvgIpc) is 2.72. The first-order valence-corrected chi connectivity index (χ1v) is 9.98. The zero-order valence-electron chi connectivity index (χ0n) is 17.4. The van der Waals surface area contributed by atoms with Gasteiger partial charge in [-0.2, -0.15) is 0 Å². The summed E-state index contributed by atoms with van der Waals surface area (Å²) in [6.45, 7) is 7.23. The highest BCUT2D eigenvalue weighted by molar-refractivity contribution is 5.92. The number of carbonyl (C=O) groups is 1. The van der Waals surface area contributed by atoms with Gasteiger partial charge in [-0.25, -0.2) is 9.97 Å². The Balaban J connectivity index is 1.62. The fourth-order valence-corrected chi connectivity index (χ4v) is 3.20. The number of ether oxygens (including phenoxy) is 1. The first-order chi connectivity index (χ1) is 14.0. The number of likely N-dealkylation sites (N-methyl/N-ethyl adjacent to an activating group) is 1. The second-order valence-electron chi connectivity index (χ2n) is 7.28. The maximum Gasteiger partial charge on any atom is 0.270 e. The molecule has 2 heterocycles. The topological polar surface area (TPSA) is 82.6 Å². The third-order valence-electron chi connectivity index (χ3n) is 4.89. The van der Waals surface area contributed by atoms with Crippen molar-refractivity contribution in [3.63, 3.8) is 0 Å². The predicted molar refractivity (Wildman–Crippen MR) is 115 cm³/mol. The van der Waals surface area contributed by atoms with Gasteiger partial charge in [-0.3, -0.25) is 4.79 Å². The molecule has 29 heavy (non-hydrogen) atoms. The fraction of sp³-hybridized carbons (Fsp3) is 0.476. The fourth-order valence-electron chi connectivity index (χ4n) is 3.20. The number of hydrogen-bond donors (Lipinski definition) is 2. The van der Waals surface area contributed by atoms with Crippen LogP contribution >= 0.6 is 0 Å². The summed E-state index contributed by atoms with van der Waals surface area (Å²) in [6, 6.07) is 9.93. The lowest BCUT2D eigenvalue weighted by Gasteiger charge is -2.34. The number of methoxy groups -OCH3 is 1. The number of aromatic nitrogens is 2. The molecule has 156 valence electrons. The number of anilines is 3. The maximum absolute atomic E-state index is 12.3. The molecule has 0 unspecified atom stereocenters. The van der Waals surface area contributed by atoms with Gasteiger partial charge in [0.2, 0.25) is 5.95 Å². The SMILES string of the molecule is COCCCNC(=O)c1cc(C)nc(Nc2ccc(N3CCN(C)CC3)cc2)n1. The number of rotatable bonds is 8. The maximum atomic E-state index is 12.3. The molecule has 1 aromatic heterocycles. The van der Waals surface area contributed by atoms with E-state index in [-0.39, 0.29) is 5.91 Å². The van der Waals surface area contributed by atoms with E-state index < -0.39 is 0 Å². The predicted octanol–water partition coefficient (Wildman–Crippen LogP) is 2.05. The number of hydrogen-bond acceptors (Lipinski definition) is 7. The van der Waals surface area contributed by atoms with Crippen LogP contribution in [0.3, 0.4) is 0 Å². The minimum atomic E-state index is -0.208. The second kappa shape index (κ2) is 10.2. The summed E-state index contributed by atoms with van der Waals surface area (Å²) in [5.41, 5.74) is 3.19. The van der Waals surface area contributed by atoms with Gasteiger partial charge in [-0.15, -0.1) is 0 Å². The lowest BCUT2D eigenvalue weighted by Crippen LogP contribution is -2.44. The summed E-state index contributed by atoms with van der Waals surface area (Å²) < 4.78 is 4.99. The van der Waals surface area contributed by atoms with Crippen LogP contribution < -0.4 is 15.5 Å². The Labute approximate surface area is 172 Å². The molecule has 2 aromatic rings. The van der Waals surface area contributed by atoms with Crippen LogP contribution in [0.5, 0.6) is 0 Å². The third kappa shape index (κ3) is 6.13. The van der Waals surface area contributed by atoms with Crippen LogP contribution in [0.15, 0.2) is 30.3 Å². The van der Waals surface area contributed by atoms with E-state index in [0.717, 1.165) is 44.0 Å². The van der Waals surface area contributed by atoms with Crippen LogP contribution in [-0.4, -0.2) is 74.3 Å². The van der Waals surface area contributed by atoms with Crippen molar-refractivity contribution in [3.05, 3.63) is 41.7 Å². The van der Waals surface area contributed by atoms with E-state index in [1.165, 1.54) is 5.69 Å². The first kappa shape index (κ1) is 21.0. The van der Waals surface area contributed by atoms with E-state index in [0.29, 0.717) is 24.8 Å². The number of carbonyl (C=O) groups excluding carboxylic acids is 1. The minimum absolute atomic E-state index is 0.208.